The van der Waals surface area contributed by atoms with E-state index in [0.29, 0.717) is 5.82 Å². The Bertz CT molecular complexity index is 578. The molecule has 1 heterocycles. The van der Waals surface area contributed by atoms with Crippen molar-refractivity contribution in [2.45, 2.75) is 6.92 Å². The third-order valence-corrected chi connectivity index (χ3v) is 2.52. The number of amides is 1. The molecule has 2 aromatic rings. The molecule has 0 bridgehead atoms. The van der Waals surface area contributed by atoms with Crippen LogP contribution >= 0.6 is 0 Å². The topological polar surface area (TPSA) is 94.0 Å². The minimum Gasteiger partial charge on any atom is -0.397 e. The molecule has 2 rings (SSSR count). The molecule has 1 amide bonds. The van der Waals surface area contributed by atoms with Crippen LogP contribution in [-0.2, 0) is 0 Å². The number of hydrogen-bond donors (Lipinski definition) is 3. The first-order valence-corrected chi connectivity index (χ1v) is 5.45. The second-order valence-corrected chi connectivity index (χ2v) is 4.01. The summed E-state index contributed by atoms with van der Waals surface area (Å²) in [5.41, 5.74) is 13.4. The van der Waals surface area contributed by atoms with Crippen LogP contribution in [0.15, 0.2) is 36.5 Å². The van der Waals surface area contributed by atoms with Crippen molar-refractivity contribution >= 4 is 23.1 Å². The number of primary amides is 1. The molecule has 0 radical (unpaired) electrons. The number of rotatable bonds is 3. The number of hydrogen-bond acceptors (Lipinski definition) is 4. The second-order valence-electron chi connectivity index (χ2n) is 4.01. The molecule has 0 saturated carbocycles. The predicted molar refractivity (Wildman–Crippen MR) is 71.6 cm³/mol. The van der Waals surface area contributed by atoms with Gasteiger partial charge in [-0.25, -0.2) is 4.98 Å². The fourth-order valence-corrected chi connectivity index (χ4v) is 1.53. The van der Waals surface area contributed by atoms with Crippen LogP contribution in [0.1, 0.15) is 15.9 Å². The van der Waals surface area contributed by atoms with E-state index < -0.39 is 5.91 Å². The molecule has 18 heavy (non-hydrogen) atoms. The lowest BCUT2D eigenvalue weighted by atomic mass is 10.2. The molecule has 0 atom stereocenters. The fraction of sp³-hybridized carbons (Fsp3) is 0.0769. The maximum atomic E-state index is 11.2. The third-order valence-electron chi connectivity index (χ3n) is 2.52. The van der Waals surface area contributed by atoms with E-state index in [-0.39, 0.29) is 11.3 Å². The Hall–Kier alpha value is -2.56. The van der Waals surface area contributed by atoms with Crippen LogP contribution in [0.3, 0.4) is 0 Å². The fourth-order valence-electron chi connectivity index (χ4n) is 1.53. The first-order chi connectivity index (χ1) is 8.56. The van der Waals surface area contributed by atoms with Gasteiger partial charge in [-0.1, -0.05) is 17.7 Å². The summed E-state index contributed by atoms with van der Waals surface area (Å²) in [6, 6.07) is 9.36. The highest BCUT2D eigenvalue weighted by molar-refractivity contribution is 5.98. The maximum absolute atomic E-state index is 11.2. The number of carbonyl (C=O) groups is 1. The molecule has 0 fully saturated rings. The summed E-state index contributed by atoms with van der Waals surface area (Å²) in [6.07, 6.45) is 1.41. The summed E-state index contributed by atoms with van der Waals surface area (Å²) in [7, 11) is 0. The van der Waals surface area contributed by atoms with Crippen LogP contribution in [0.5, 0.6) is 0 Å². The SMILES string of the molecule is Cc1ccc(Nc2cc(C(N)=O)c(N)cn2)cc1. The summed E-state index contributed by atoms with van der Waals surface area (Å²) in [5.74, 6) is -0.0382. The van der Waals surface area contributed by atoms with Crippen molar-refractivity contribution in [1.82, 2.24) is 4.98 Å². The van der Waals surface area contributed by atoms with E-state index in [9.17, 15) is 4.79 Å². The van der Waals surface area contributed by atoms with Crippen LogP contribution in [0.4, 0.5) is 17.2 Å². The van der Waals surface area contributed by atoms with Crippen molar-refractivity contribution in [3.8, 4) is 0 Å². The molecule has 5 N–H and O–H groups in total. The van der Waals surface area contributed by atoms with Gasteiger partial charge in [0, 0.05) is 5.69 Å². The highest BCUT2D eigenvalue weighted by Gasteiger charge is 2.07. The van der Waals surface area contributed by atoms with Gasteiger partial charge in [0.15, 0.2) is 0 Å². The molecule has 5 heteroatoms. The summed E-state index contributed by atoms with van der Waals surface area (Å²) in [4.78, 5) is 15.3. The summed E-state index contributed by atoms with van der Waals surface area (Å²) < 4.78 is 0. The number of carbonyl (C=O) groups excluding carboxylic acids is 1. The molecule has 0 unspecified atom stereocenters. The number of pyridine rings is 1. The molecule has 1 aromatic heterocycles. The number of benzene rings is 1. The van der Waals surface area contributed by atoms with Crippen LogP contribution in [-0.4, -0.2) is 10.9 Å². The zero-order chi connectivity index (χ0) is 13.1. The molecule has 0 aliphatic heterocycles. The normalized spacial score (nSPS) is 10.1. The molecule has 5 nitrogen and oxygen atoms in total. The number of nitrogen functional groups attached to an aromatic ring is 1. The van der Waals surface area contributed by atoms with E-state index in [2.05, 4.69) is 10.3 Å². The number of nitrogens with zero attached hydrogens (tertiary/aromatic N) is 1. The zero-order valence-electron chi connectivity index (χ0n) is 9.97. The van der Waals surface area contributed by atoms with Crippen molar-refractivity contribution in [1.29, 1.82) is 0 Å². The van der Waals surface area contributed by atoms with Gasteiger partial charge in [0.2, 0.25) is 0 Å². The molecular weight excluding hydrogens is 228 g/mol. The van der Waals surface area contributed by atoms with Crippen LogP contribution in [0.25, 0.3) is 0 Å². The molecule has 92 valence electrons. The lowest BCUT2D eigenvalue weighted by Crippen LogP contribution is -2.14. The molecule has 1 aromatic carbocycles. The van der Waals surface area contributed by atoms with Gasteiger partial charge in [0.05, 0.1) is 17.4 Å². The Morgan fingerprint density at radius 2 is 1.94 bits per heavy atom. The molecule has 0 spiro atoms. The molecule has 0 saturated heterocycles. The maximum Gasteiger partial charge on any atom is 0.250 e. The monoisotopic (exact) mass is 242 g/mol. The standard InChI is InChI=1S/C13H14N4O/c1-8-2-4-9(5-3-8)17-12-6-10(13(15)18)11(14)7-16-12/h2-7H,14H2,1H3,(H2,15,18)(H,16,17). The largest absolute Gasteiger partial charge is 0.397 e. The zero-order valence-corrected chi connectivity index (χ0v) is 9.97. The minimum atomic E-state index is -0.568. The highest BCUT2D eigenvalue weighted by atomic mass is 16.1. The van der Waals surface area contributed by atoms with Gasteiger partial charge in [-0.3, -0.25) is 4.79 Å². The summed E-state index contributed by atoms with van der Waals surface area (Å²) in [6.45, 7) is 2.01. The predicted octanol–water partition coefficient (Wildman–Crippen LogP) is 1.81. The van der Waals surface area contributed by atoms with Crippen LogP contribution in [0, 0.1) is 6.92 Å². The average Bonchev–Trinajstić information content (AvgIpc) is 2.34. The lowest BCUT2D eigenvalue weighted by Gasteiger charge is -2.08. The van der Waals surface area contributed by atoms with Gasteiger partial charge in [-0.2, -0.15) is 0 Å². The van der Waals surface area contributed by atoms with Gasteiger partial charge in [0.1, 0.15) is 5.82 Å². The van der Waals surface area contributed by atoms with Crippen LogP contribution in [0.2, 0.25) is 0 Å². The van der Waals surface area contributed by atoms with Crippen molar-refractivity contribution in [2.75, 3.05) is 11.1 Å². The van der Waals surface area contributed by atoms with E-state index in [1.54, 1.807) is 0 Å². The Morgan fingerprint density at radius 3 is 2.56 bits per heavy atom. The van der Waals surface area contributed by atoms with E-state index in [4.69, 9.17) is 11.5 Å². The van der Waals surface area contributed by atoms with E-state index >= 15 is 0 Å². The van der Waals surface area contributed by atoms with E-state index in [1.807, 2.05) is 31.2 Å². The Balaban J connectivity index is 2.27. The number of nitrogens with one attached hydrogen (secondary N) is 1. The van der Waals surface area contributed by atoms with Crippen molar-refractivity contribution in [2.24, 2.45) is 5.73 Å². The van der Waals surface area contributed by atoms with E-state index in [1.165, 1.54) is 17.8 Å². The smallest absolute Gasteiger partial charge is 0.250 e. The van der Waals surface area contributed by atoms with Gasteiger partial charge in [-0.15, -0.1) is 0 Å². The van der Waals surface area contributed by atoms with Gasteiger partial charge in [0.25, 0.3) is 5.91 Å². The number of aromatic nitrogens is 1. The second kappa shape index (κ2) is 4.75. The number of nitrogens with two attached hydrogens (primary N) is 2. The van der Waals surface area contributed by atoms with Gasteiger partial charge < -0.3 is 16.8 Å². The highest BCUT2D eigenvalue weighted by Crippen LogP contribution is 2.18. The molecule has 0 aliphatic rings. The molecular formula is C13H14N4O. The van der Waals surface area contributed by atoms with Gasteiger partial charge in [-0.05, 0) is 25.1 Å². The third kappa shape index (κ3) is 2.57. The Morgan fingerprint density at radius 1 is 1.28 bits per heavy atom. The average molecular weight is 242 g/mol. The first kappa shape index (κ1) is 11.9. The van der Waals surface area contributed by atoms with Crippen molar-refractivity contribution in [3.63, 3.8) is 0 Å². The van der Waals surface area contributed by atoms with Crippen molar-refractivity contribution in [3.05, 3.63) is 47.7 Å². The quantitative estimate of drug-likeness (QED) is 0.765. The van der Waals surface area contributed by atoms with E-state index in [0.717, 1.165) is 5.69 Å². The molecule has 0 aliphatic carbocycles. The van der Waals surface area contributed by atoms with Gasteiger partial charge >= 0.3 is 0 Å². The summed E-state index contributed by atoms with van der Waals surface area (Å²) in [5, 5.41) is 3.08. The lowest BCUT2D eigenvalue weighted by molar-refractivity contribution is 0.100. The van der Waals surface area contributed by atoms with Crippen LogP contribution < -0.4 is 16.8 Å². The number of aryl methyl sites for hydroxylation is 1. The number of anilines is 3. The first-order valence-electron chi connectivity index (χ1n) is 5.45. The minimum absolute atomic E-state index is 0.264. The summed E-state index contributed by atoms with van der Waals surface area (Å²) >= 11 is 0. The Labute approximate surface area is 105 Å². The Kier molecular flexibility index (Phi) is 3.14. The van der Waals surface area contributed by atoms with Crippen molar-refractivity contribution < 1.29 is 4.79 Å².